The third-order valence-corrected chi connectivity index (χ3v) is 7.79. The van der Waals surface area contributed by atoms with E-state index >= 15 is 0 Å². The number of ether oxygens (including phenoxy) is 1. The van der Waals surface area contributed by atoms with Gasteiger partial charge in [0.25, 0.3) is 0 Å². The molecule has 0 unspecified atom stereocenters. The first kappa shape index (κ1) is 28.6. The van der Waals surface area contributed by atoms with Gasteiger partial charge in [0.2, 0.25) is 11.8 Å². The zero-order valence-electron chi connectivity index (χ0n) is 21.3. The molecule has 2 aromatic rings. The molecule has 1 aromatic heterocycles. The van der Waals surface area contributed by atoms with E-state index in [0.717, 1.165) is 18.6 Å². The summed E-state index contributed by atoms with van der Waals surface area (Å²) in [4.78, 5) is 45.6. The lowest BCUT2D eigenvalue weighted by molar-refractivity contribution is -0.128. The number of benzene rings is 1. The van der Waals surface area contributed by atoms with E-state index in [1.54, 1.807) is 11.8 Å². The Morgan fingerprint density at radius 3 is 2.49 bits per heavy atom. The van der Waals surface area contributed by atoms with Gasteiger partial charge in [0.05, 0.1) is 35.1 Å². The zero-order chi connectivity index (χ0) is 28.2. The molecule has 1 aromatic carbocycles. The fourth-order valence-corrected chi connectivity index (χ4v) is 5.76. The van der Waals surface area contributed by atoms with Crippen molar-refractivity contribution in [1.82, 2.24) is 14.6 Å². The maximum absolute atomic E-state index is 13.1. The van der Waals surface area contributed by atoms with Crippen molar-refractivity contribution >= 4 is 51.1 Å². The van der Waals surface area contributed by atoms with Crippen molar-refractivity contribution in [2.45, 2.75) is 39.2 Å². The summed E-state index contributed by atoms with van der Waals surface area (Å²) in [5.41, 5.74) is 0.685. The minimum atomic E-state index is -4.20. The number of pyridine rings is 1. The number of aromatic nitrogens is 1. The van der Waals surface area contributed by atoms with E-state index in [0.29, 0.717) is 50.4 Å². The number of rotatable bonds is 9. The van der Waals surface area contributed by atoms with Crippen LogP contribution in [0.1, 0.15) is 48.7 Å². The van der Waals surface area contributed by atoms with Gasteiger partial charge in [-0.3, -0.25) is 14.3 Å². The van der Waals surface area contributed by atoms with E-state index in [4.69, 9.17) is 16.3 Å². The first-order chi connectivity index (χ1) is 18.6. The number of nitrogens with zero attached hydrogens (tertiary/aromatic N) is 3. The number of hydrogen-bond donors (Lipinski definition) is 2. The van der Waals surface area contributed by atoms with E-state index < -0.39 is 33.8 Å². The highest BCUT2D eigenvalue weighted by atomic mass is 35.5. The summed E-state index contributed by atoms with van der Waals surface area (Å²) in [6, 6.07) is 6.18. The topological polar surface area (TPSA) is 138 Å². The Kier molecular flexibility index (Phi) is 8.90. The summed E-state index contributed by atoms with van der Waals surface area (Å²) >= 11 is 6.51. The van der Waals surface area contributed by atoms with Crippen molar-refractivity contribution in [2.24, 2.45) is 5.92 Å². The van der Waals surface area contributed by atoms with Crippen LogP contribution in [-0.2, 0) is 31.1 Å². The van der Waals surface area contributed by atoms with E-state index in [1.807, 2.05) is 9.62 Å². The molecule has 39 heavy (non-hydrogen) atoms. The quantitative estimate of drug-likeness (QED) is 0.431. The average Bonchev–Trinajstić information content (AvgIpc) is 3.30. The van der Waals surface area contributed by atoms with Gasteiger partial charge in [0.1, 0.15) is 11.6 Å². The molecule has 210 valence electrons. The smallest absolute Gasteiger partial charge is 0.340 e. The fourth-order valence-electron chi connectivity index (χ4n) is 4.56. The molecule has 4 rings (SSSR count). The summed E-state index contributed by atoms with van der Waals surface area (Å²) < 4.78 is 47.2. The van der Waals surface area contributed by atoms with Gasteiger partial charge in [-0.2, -0.15) is 8.42 Å². The standard InChI is InChI=1S/C25H29ClFN5O6S/c1-2-38-25(35)19-14-20(26)23(28-21(19)15-32-11-3-4-22(32)33)31-12-9-16(10-13-31)24(34)30-39(36,37)29-18-7-5-17(27)6-8-18/h5-8,14,16,29H,2-4,9-13,15H2,1H3,(H,30,34). The normalized spacial score (nSPS) is 16.3. The van der Waals surface area contributed by atoms with Crippen LogP contribution in [0.5, 0.6) is 0 Å². The third kappa shape index (κ3) is 7.15. The first-order valence-corrected chi connectivity index (χ1v) is 14.4. The number of halogens is 2. The molecule has 3 heterocycles. The molecule has 2 aliphatic rings. The van der Waals surface area contributed by atoms with Gasteiger partial charge in [-0.25, -0.2) is 18.9 Å². The molecule has 0 spiro atoms. The van der Waals surface area contributed by atoms with E-state index in [1.165, 1.54) is 18.2 Å². The van der Waals surface area contributed by atoms with Crippen LogP contribution in [0, 0.1) is 11.7 Å². The van der Waals surface area contributed by atoms with Crippen molar-refractivity contribution in [3.05, 3.63) is 52.4 Å². The van der Waals surface area contributed by atoms with Crippen LogP contribution in [0.2, 0.25) is 5.02 Å². The van der Waals surface area contributed by atoms with E-state index in [2.05, 4.69) is 9.71 Å². The second kappa shape index (κ2) is 12.2. The first-order valence-electron chi connectivity index (χ1n) is 12.6. The molecule has 0 bridgehead atoms. The maximum Gasteiger partial charge on any atom is 0.340 e. The second-order valence-corrected chi connectivity index (χ2v) is 11.1. The lowest BCUT2D eigenvalue weighted by Crippen LogP contribution is -2.44. The molecule has 2 aliphatic heterocycles. The van der Waals surface area contributed by atoms with Crippen LogP contribution in [0.4, 0.5) is 15.9 Å². The van der Waals surface area contributed by atoms with Crippen LogP contribution in [0.15, 0.2) is 30.3 Å². The predicted molar refractivity (Wildman–Crippen MR) is 142 cm³/mol. The molecule has 2 amide bonds. The number of hydrogen-bond acceptors (Lipinski definition) is 8. The van der Waals surface area contributed by atoms with Gasteiger partial charge in [0, 0.05) is 32.0 Å². The van der Waals surface area contributed by atoms with Gasteiger partial charge in [0.15, 0.2) is 0 Å². The van der Waals surface area contributed by atoms with Crippen molar-refractivity contribution in [3.63, 3.8) is 0 Å². The number of esters is 1. The Bertz CT molecular complexity index is 1350. The van der Waals surface area contributed by atoms with Gasteiger partial charge in [-0.05, 0) is 56.5 Å². The summed E-state index contributed by atoms with van der Waals surface area (Å²) in [6.45, 7) is 3.30. The molecule has 14 heteroatoms. The Hall–Kier alpha value is -3.45. The Morgan fingerprint density at radius 2 is 1.87 bits per heavy atom. The Morgan fingerprint density at radius 1 is 1.18 bits per heavy atom. The molecule has 0 radical (unpaired) electrons. The van der Waals surface area contributed by atoms with Crippen molar-refractivity contribution in [2.75, 3.05) is 35.9 Å². The summed E-state index contributed by atoms with van der Waals surface area (Å²) in [7, 11) is -4.20. The molecule has 2 fully saturated rings. The highest BCUT2D eigenvalue weighted by molar-refractivity contribution is 7.91. The highest BCUT2D eigenvalue weighted by Gasteiger charge is 2.31. The summed E-state index contributed by atoms with van der Waals surface area (Å²) in [6.07, 6.45) is 1.84. The number of nitrogens with one attached hydrogen (secondary N) is 2. The van der Waals surface area contributed by atoms with Crippen molar-refractivity contribution in [1.29, 1.82) is 0 Å². The van der Waals surface area contributed by atoms with E-state index in [9.17, 15) is 27.2 Å². The van der Waals surface area contributed by atoms with Gasteiger partial charge in [-0.1, -0.05) is 11.6 Å². The molecule has 2 N–H and O–H groups in total. The number of amides is 2. The lowest BCUT2D eigenvalue weighted by Gasteiger charge is -2.33. The lowest BCUT2D eigenvalue weighted by atomic mass is 9.96. The number of piperidine rings is 1. The fraction of sp³-hybridized carbons (Fsp3) is 0.440. The Labute approximate surface area is 230 Å². The molecular formula is C25H29ClFN5O6S. The van der Waals surface area contributed by atoms with Crippen LogP contribution in [-0.4, -0.2) is 62.3 Å². The molecule has 0 aliphatic carbocycles. The average molecular weight is 582 g/mol. The van der Waals surface area contributed by atoms with Crippen LogP contribution in [0.25, 0.3) is 0 Å². The van der Waals surface area contributed by atoms with Crippen LogP contribution in [0.3, 0.4) is 0 Å². The monoisotopic (exact) mass is 581 g/mol. The highest BCUT2D eigenvalue weighted by Crippen LogP contribution is 2.31. The number of carbonyl (C=O) groups is 3. The molecule has 0 atom stereocenters. The van der Waals surface area contributed by atoms with Crippen molar-refractivity contribution < 1.29 is 31.9 Å². The maximum atomic E-state index is 13.1. The summed E-state index contributed by atoms with van der Waals surface area (Å²) in [5, 5.41) is 0.225. The zero-order valence-corrected chi connectivity index (χ0v) is 22.9. The van der Waals surface area contributed by atoms with Crippen molar-refractivity contribution in [3.8, 4) is 0 Å². The third-order valence-electron chi connectivity index (χ3n) is 6.54. The number of likely N-dealkylation sites (tertiary alicyclic amines) is 1. The van der Waals surface area contributed by atoms with E-state index in [-0.39, 0.29) is 35.3 Å². The molecule has 2 saturated heterocycles. The second-order valence-electron chi connectivity index (χ2n) is 9.27. The van der Waals surface area contributed by atoms with Crippen LogP contribution < -0.4 is 14.3 Å². The van der Waals surface area contributed by atoms with Gasteiger partial charge < -0.3 is 14.5 Å². The summed E-state index contributed by atoms with van der Waals surface area (Å²) in [5.74, 6) is -1.93. The Balaban J connectivity index is 1.43. The molecular weight excluding hydrogens is 553 g/mol. The molecule has 11 nitrogen and oxygen atoms in total. The largest absolute Gasteiger partial charge is 0.462 e. The minimum Gasteiger partial charge on any atom is -0.462 e. The van der Waals surface area contributed by atoms with Gasteiger partial charge >= 0.3 is 16.2 Å². The number of carbonyl (C=O) groups excluding carboxylic acids is 3. The minimum absolute atomic E-state index is 0.0150. The van der Waals surface area contributed by atoms with Crippen LogP contribution >= 0.6 is 11.6 Å². The predicted octanol–water partition coefficient (Wildman–Crippen LogP) is 2.86. The SMILES string of the molecule is CCOC(=O)c1cc(Cl)c(N2CCC(C(=O)NS(=O)(=O)Nc3ccc(F)cc3)CC2)nc1CN1CCCC1=O. The van der Waals surface area contributed by atoms with Gasteiger partial charge in [-0.15, -0.1) is 0 Å². The number of anilines is 2. The molecule has 0 saturated carbocycles.